The van der Waals surface area contributed by atoms with Crippen LogP contribution in [0.3, 0.4) is 0 Å². The standard InChI is InChI=1S/C32H39N7O4/c1-20-25-19-33-30(35-28(25)39(24-8-6-7-9-24)29(41)27(20)21(2)40)34-23-10-11-26-22(18-23)12-13-38(26)37-16-14-36(15-17-37)31(42)43-32(3,4)5/h10-13,18-19,24H,6-9,14-17H2,1-5H3,(H,33,34,35). The molecule has 1 aliphatic heterocycles. The smallest absolute Gasteiger partial charge is 0.410 e. The van der Waals surface area contributed by atoms with Crippen molar-refractivity contribution in [2.24, 2.45) is 0 Å². The maximum absolute atomic E-state index is 13.5. The highest BCUT2D eigenvalue weighted by Gasteiger charge is 2.27. The van der Waals surface area contributed by atoms with Crippen LogP contribution in [0.15, 0.2) is 41.5 Å². The van der Waals surface area contributed by atoms with Crippen molar-refractivity contribution in [3.8, 4) is 0 Å². The van der Waals surface area contributed by atoms with Crippen molar-refractivity contribution in [3.05, 3.63) is 58.1 Å². The summed E-state index contributed by atoms with van der Waals surface area (Å²) < 4.78 is 9.39. The Morgan fingerprint density at radius 1 is 1.05 bits per heavy atom. The van der Waals surface area contributed by atoms with E-state index in [9.17, 15) is 14.4 Å². The second-order valence-corrected chi connectivity index (χ2v) is 12.6. The van der Waals surface area contributed by atoms with Crippen LogP contribution in [0, 0.1) is 6.92 Å². The molecule has 4 heterocycles. The Labute approximate surface area is 250 Å². The summed E-state index contributed by atoms with van der Waals surface area (Å²) in [7, 11) is 0. The number of rotatable bonds is 5. The van der Waals surface area contributed by atoms with E-state index in [-0.39, 0.29) is 29.0 Å². The number of hydrogen-bond acceptors (Lipinski definition) is 8. The third kappa shape index (κ3) is 5.55. The largest absolute Gasteiger partial charge is 0.444 e. The number of Topliss-reactive ketones (excluding diaryl/α,β-unsaturated/α-hetero) is 1. The number of ketones is 1. The van der Waals surface area contributed by atoms with E-state index in [0.29, 0.717) is 43.3 Å². The molecule has 6 rings (SSSR count). The zero-order chi connectivity index (χ0) is 30.5. The first-order valence-electron chi connectivity index (χ1n) is 15.0. The van der Waals surface area contributed by atoms with E-state index in [4.69, 9.17) is 9.72 Å². The number of nitrogens with one attached hydrogen (secondary N) is 1. The fourth-order valence-corrected chi connectivity index (χ4v) is 6.31. The van der Waals surface area contributed by atoms with Gasteiger partial charge in [0.15, 0.2) is 5.78 Å². The van der Waals surface area contributed by atoms with Crippen molar-refractivity contribution < 1.29 is 14.3 Å². The predicted molar refractivity (Wildman–Crippen MR) is 167 cm³/mol. The number of pyridine rings is 1. The van der Waals surface area contributed by atoms with Crippen LogP contribution < -0.4 is 15.9 Å². The van der Waals surface area contributed by atoms with Crippen molar-refractivity contribution in [2.75, 3.05) is 36.5 Å². The van der Waals surface area contributed by atoms with Gasteiger partial charge < -0.3 is 20.0 Å². The maximum Gasteiger partial charge on any atom is 0.410 e. The molecule has 226 valence electrons. The number of aromatic nitrogens is 4. The van der Waals surface area contributed by atoms with Gasteiger partial charge in [-0.3, -0.25) is 18.8 Å². The molecule has 0 spiro atoms. The van der Waals surface area contributed by atoms with Crippen molar-refractivity contribution in [3.63, 3.8) is 0 Å². The predicted octanol–water partition coefficient (Wildman–Crippen LogP) is 5.30. The van der Waals surface area contributed by atoms with Crippen molar-refractivity contribution in [1.29, 1.82) is 0 Å². The Hall–Kier alpha value is -4.41. The number of amides is 1. The molecule has 0 unspecified atom stereocenters. The normalized spacial score (nSPS) is 16.3. The summed E-state index contributed by atoms with van der Waals surface area (Å²) >= 11 is 0. The Morgan fingerprint density at radius 2 is 1.77 bits per heavy atom. The van der Waals surface area contributed by atoms with Gasteiger partial charge in [-0.15, -0.1) is 0 Å². The van der Waals surface area contributed by atoms with E-state index in [1.54, 1.807) is 22.6 Å². The molecule has 1 aliphatic carbocycles. The van der Waals surface area contributed by atoms with Crippen LogP contribution in [0.5, 0.6) is 0 Å². The van der Waals surface area contributed by atoms with Gasteiger partial charge in [0, 0.05) is 48.0 Å². The molecule has 0 bridgehead atoms. The maximum atomic E-state index is 13.5. The number of ether oxygens (including phenoxy) is 1. The number of carbonyl (C=O) groups is 2. The highest BCUT2D eigenvalue weighted by molar-refractivity contribution is 5.99. The van der Waals surface area contributed by atoms with Gasteiger partial charge >= 0.3 is 6.09 Å². The van der Waals surface area contributed by atoms with Crippen LogP contribution in [-0.2, 0) is 4.74 Å². The lowest BCUT2D eigenvalue weighted by Crippen LogP contribution is -2.53. The SMILES string of the molecule is CC(=O)c1c(C)c2cnc(Nc3ccc4c(ccn4N4CCN(C(=O)OC(C)(C)C)CC4)c3)nc2n(C2CCCC2)c1=O. The quantitative estimate of drug-likeness (QED) is 0.314. The molecule has 11 nitrogen and oxygen atoms in total. The van der Waals surface area contributed by atoms with Gasteiger partial charge in [0.1, 0.15) is 11.2 Å². The van der Waals surface area contributed by atoms with Crippen LogP contribution >= 0.6 is 0 Å². The summed E-state index contributed by atoms with van der Waals surface area (Å²) in [6.07, 6.45) is 7.38. The van der Waals surface area contributed by atoms with E-state index in [2.05, 4.69) is 32.1 Å². The molecular weight excluding hydrogens is 546 g/mol. The highest BCUT2D eigenvalue weighted by Crippen LogP contribution is 2.32. The summed E-state index contributed by atoms with van der Waals surface area (Å²) in [4.78, 5) is 49.5. The molecule has 2 aliphatic rings. The fraction of sp³-hybridized carbons (Fsp3) is 0.469. The second-order valence-electron chi connectivity index (χ2n) is 12.6. The Kier molecular flexibility index (Phi) is 7.35. The minimum absolute atomic E-state index is 0.0265. The second kappa shape index (κ2) is 11.0. The fourth-order valence-electron chi connectivity index (χ4n) is 6.31. The molecular formula is C32H39N7O4. The number of aryl methyl sites for hydroxylation is 1. The molecule has 3 aromatic heterocycles. The number of anilines is 2. The van der Waals surface area contributed by atoms with Crippen LogP contribution in [0.1, 0.15) is 75.3 Å². The number of nitrogens with zero attached hydrogens (tertiary/aromatic N) is 6. The van der Waals surface area contributed by atoms with Gasteiger partial charge in [0.05, 0.1) is 24.2 Å². The van der Waals surface area contributed by atoms with Gasteiger partial charge in [-0.25, -0.2) is 9.78 Å². The first kappa shape index (κ1) is 28.7. The van der Waals surface area contributed by atoms with Crippen LogP contribution in [0.4, 0.5) is 16.4 Å². The van der Waals surface area contributed by atoms with Crippen LogP contribution in [-0.4, -0.2) is 67.8 Å². The molecule has 1 saturated carbocycles. The average molecular weight is 586 g/mol. The number of hydrogen-bond donors (Lipinski definition) is 1. The zero-order valence-corrected chi connectivity index (χ0v) is 25.5. The molecule has 1 saturated heterocycles. The summed E-state index contributed by atoms with van der Waals surface area (Å²) in [6, 6.07) is 8.17. The van der Waals surface area contributed by atoms with Crippen LogP contribution in [0.25, 0.3) is 21.9 Å². The topological polar surface area (TPSA) is 115 Å². The monoisotopic (exact) mass is 585 g/mol. The summed E-state index contributed by atoms with van der Waals surface area (Å²) in [6.45, 7) is 11.4. The molecule has 43 heavy (non-hydrogen) atoms. The average Bonchev–Trinajstić information content (AvgIpc) is 3.62. The minimum Gasteiger partial charge on any atom is -0.444 e. The number of benzene rings is 1. The zero-order valence-electron chi connectivity index (χ0n) is 25.5. The van der Waals surface area contributed by atoms with Gasteiger partial charge in [0.2, 0.25) is 5.95 Å². The van der Waals surface area contributed by atoms with Gasteiger partial charge in [-0.05, 0) is 77.3 Å². The van der Waals surface area contributed by atoms with Gasteiger partial charge in [-0.2, -0.15) is 4.98 Å². The lowest BCUT2D eigenvalue weighted by atomic mass is 10.0. The van der Waals surface area contributed by atoms with E-state index < -0.39 is 5.60 Å². The highest BCUT2D eigenvalue weighted by atomic mass is 16.6. The summed E-state index contributed by atoms with van der Waals surface area (Å²) in [5.41, 5.74) is 2.53. The molecule has 1 amide bonds. The van der Waals surface area contributed by atoms with Crippen LogP contribution in [0.2, 0.25) is 0 Å². The molecule has 11 heteroatoms. The first-order valence-corrected chi connectivity index (χ1v) is 15.0. The van der Waals surface area contributed by atoms with Crippen molar-refractivity contribution in [1.82, 2.24) is 24.1 Å². The third-order valence-corrected chi connectivity index (χ3v) is 8.39. The third-order valence-electron chi connectivity index (χ3n) is 8.39. The lowest BCUT2D eigenvalue weighted by molar-refractivity contribution is 0.0232. The Bertz CT molecular complexity index is 1770. The minimum atomic E-state index is -0.511. The molecule has 0 atom stereocenters. The van der Waals surface area contributed by atoms with Gasteiger partial charge in [-0.1, -0.05) is 12.8 Å². The molecule has 0 radical (unpaired) electrons. The first-order chi connectivity index (χ1) is 20.5. The van der Waals surface area contributed by atoms with E-state index in [1.165, 1.54) is 6.92 Å². The Balaban J connectivity index is 1.24. The van der Waals surface area contributed by atoms with E-state index >= 15 is 0 Å². The van der Waals surface area contributed by atoms with Gasteiger partial charge in [0.25, 0.3) is 5.56 Å². The summed E-state index contributed by atoms with van der Waals surface area (Å²) in [5, 5.41) is 7.32. The number of carbonyl (C=O) groups excluding carboxylic acids is 2. The lowest BCUT2D eigenvalue weighted by Gasteiger charge is -2.37. The molecule has 2 fully saturated rings. The molecule has 4 aromatic rings. The summed E-state index contributed by atoms with van der Waals surface area (Å²) in [5.74, 6) is 0.161. The van der Waals surface area contributed by atoms with Crippen molar-refractivity contribution in [2.45, 2.75) is 71.9 Å². The van der Waals surface area contributed by atoms with E-state index in [1.807, 2.05) is 39.1 Å². The number of fused-ring (bicyclic) bond motifs is 2. The molecule has 1 N–H and O–H groups in total. The van der Waals surface area contributed by atoms with E-state index in [0.717, 1.165) is 47.7 Å². The Morgan fingerprint density at radius 3 is 2.44 bits per heavy atom. The van der Waals surface area contributed by atoms with Crippen molar-refractivity contribution >= 4 is 45.4 Å². The number of piperazine rings is 1. The molecule has 1 aromatic carbocycles.